The second-order valence-corrected chi connectivity index (χ2v) is 9.03. The molecular formula is C27H48O2. The molecule has 29 heavy (non-hydrogen) atoms. The van der Waals surface area contributed by atoms with Crippen LogP contribution < -0.4 is 0 Å². The second kappa shape index (κ2) is 15.8. The Labute approximate surface area is 181 Å². The first-order valence-corrected chi connectivity index (χ1v) is 12.5. The zero-order chi connectivity index (χ0) is 21.5. The van der Waals surface area contributed by atoms with E-state index in [1.807, 2.05) is 0 Å². The summed E-state index contributed by atoms with van der Waals surface area (Å²) < 4.78 is 5.91. The fourth-order valence-corrected chi connectivity index (χ4v) is 4.08. The van der Waals surface area contributed by atoms with E-state index in [1.165, 1.54) is 56.9 Å². The third kappa shape index (κ3) is 10.0. The monoisotopic (exact) mass is 404 g/mol. The molecule has 0 bridgehead atoms. The van der Waals surface area contributed by atoms with E-state index in [9.17, 15) is 5.11 Å². The Morgan fingerprint density at radius 3 is 1.66 bits per heavy atom. The predicted octanol–water partition coefficient (Wildman–Crippen LogP) is 8.86. The standard InChI is InChI=1S/C27H48O2/c1-6-9-12-14-16-22(4)25-19-24(21-29-18-11-8-3)20-26(27(25)28)23(5)17-15-13-10-7-2/h19-20,22-23,28H,6-18,21H2,1-5H3. The SMILES string of the molecule is CCCCCCC(C)c1cc(COCCCC)cc(C(C)CCCCCC)c1O. The molecule has 1 aromatic carbocycles. The number of benzene rings is 1. The molecule has 1 aromatic rings. The highest BCUT2D eigenvalue weighted by atomic mass is 16.5. The lowest BCUT2D eigenvalue weighted by Crippen LogP contribution is -2.04. The summed E-state index contributed by atoms with van der Waals surface area (Å²) in [5.74, 6) is 1.34. The number of aromatic hydroxyl groups is 1. The van der Waals surface area contributed by atoms with Crippen LogP contribution in [0.3, 0.4) is 0 Å². The van der Waals surface area contributed by atoms with Crippen molar-refractivity contribution in [1.29, 1.82) is 0 Å². The first-order chi connectivity index (χ1) is 14.0. The quantitative estimate of drug-likeness (QED) is 0.263. The van der Waals surface area contributed by atoms with Crippen molar-refractivity contribution in [2.75, 3.05) is 6.61 Å². The fourth-order valence-electron chi connectivity index (χ4n) is 4.08. The van der Waals surface area contributed by atoms with Gasteiger partial charge >= 0.3 is 0 Å². The summed E-state index contributed by atoms with van der Waals surface area (Å²) in [4.78, 5) is 0. The maximum absolute atomic E-state index is 11.1. The van der Waals surface area contributed by atoms with Gasteiger partial charge < -0.3 is 9.84 Å². The Hall–Kier alpha value is -1.02. The summed E-state index contributed by atoms with van der Waals surface area (Å²) in [6, 6.07) is 4.41. The van der Waals surface area contributed by atoms with Gasteiger partial charge in [0.25, 0.3) is 0 Å². The number of ether oxygens (including phenoxy) is 1. The Balaban J connectivity index is 2.92. The number of hydrogen-bond donors (Lipinski definition) is 1. The van der Waals surface area contributed by atoms with Crippen LogP contribution in [0.4, 0.5) is 0 Å². The molecule has 2 nitrogen and oxygen atoms in total. The molecule has 0 aliphatic carbocycles. The van der Waals surface area contributed by atoms with Gasteiger partial charge in [-0.05, 0) is 59.9 Å². The van der Waals surface area contributed by atoms with Gasteiger partial charge in [-0.3, -0.25) is 0 Å². The number of rotatable bonds is 17. The molecule has 168 valence electrons. The highest BCUT2D eigenvalue weighted by Gasteiger charge is 2.19. The summed E-state index contributed by atoms with van der Waals surface area (Å²) in [5, 5.41) is 11.1. The summed E-state index contributed by atoms with van der Waals surface area (Å²) in [7, 11) is 0. The van der Waals surface area contributed by atoms with E-state index < -0.39 is 0 Å². The van der Waals surface area contributed by atoms with Crippen molar-refractivity contribution in [3.63, 3.8) is 0 Å². The van der Waals surface area contributed by atoms with Crippen molar-refractivity contribution in [2.45, 2.75) is 130 Å². The first-order valence-electron chi connectivity index (χ1n) is 12.5. The van der Waals surface area contributed by atoms with Crippen molar-refractivity contribution in [3.05, 3.63) is 28.8 Å². The highest BCUT2D eigenvalue weighted by Crippen LogP contribution is 2.38. The minimum absolute atomic E-state index is 0.397. The topological polar surface area (TPSA) is 29.5 Å². The van der Waals surface area contributed by atoms with Crippen LogP contribution >= 0.6 is 0 Å². The van der Waals surface area contributed by atoms with Crippen LogP contribution in [0.2, 0.25) is 0 Å². The van der Waals surface area contributed by atoms with Crippen molar-refractivity contribution < 1.29 is 9.84 Å². The van der Waals surface area contributed by atoms with Gasteiger partial charge in [-0.25, -0.2) is 0 Å². The molecule has 1 rings (SSSR count). The van der Waals surface area contributed by atoms with Gasteiger partial charge in [0.15, 0.2) is 0 Å². The van der Waals surface area contributed by atoms with Gasteiger partial charge in [0.1, 0.15) is 5.75 Å². The van der Waals surface area contributed by atoms with E-state index in [0.717, 1.165) is 43.4 Å². The van der Waals surface area contributed by atoms with Gasteiger partial charge in [-0.2, -0.15) is 0 Å². The van der Waals surface area contributed by atoms with Crippen LogP contribution in [0.15, 0.2) is 12.1 Å². The average molecular weight is 405 g/mol. The second-order valence-electron chi connectivity index (χ2n) is 9.03. The van der Waals surface area contributed by atoms with Crippen LogP contribution in [-0.2, 0) is 11.3 Å². The van der Waals surface area contributed by atoms with E-state index in [4.69, 9.17) is 4.74 Å². The molecule has 0 radical (unpaired) electrons. The fraction of sp³-hybridized carbons (Fsp3) is 0.778. The lowest BCUT2D eigenvalue weighted by atomic mass is 9.86. The maximum Gasteiger partial charge on any atom is 0.122 e. The summed E-state index contributed by atoms with van der Waals surface area (Å²) in [6.07, 6.45) is 14.8. The van der Waals surface area contributed by atoms with Crippen LogP contribution in [-0.4, -0.2) is 11.7 Å². The van der Waals surface area contributed by atoms with Gasteiger partial charge in [-0.15, -0.1) is 0 Å². The molecule has 0 aliphatic rings. The minimum atomic E-state index is 0.397. The smallest absolute Gasteiger partial charge is 0.122 e. The van der Waals surface area contributed by atoms with Gasteiger partial charge in [0.05, 0.1) is 6.61 Å². The number of phenolic OH excluding ortho intramolecular Hbond substituents is 1. The van der Waals surface area contributed by atoms with Crippen LogP contribution in [0.25, 0.3) is 0 Å². The molecule has 0 saturated carbocycles. The van der Waals surface area contributed by atoms with Gasteiger partial charge in [0, 0.05) is 6.61 Å². The number of unbranched alkanes of at least 4 members (excludes halogenated alkanes) is 7. The maximum atomic E-state index is 11.1. The van der Waals surface area contributed by atoms with E-state index in [-0.39, 0.29) is 0 Å². The molecule has 2 atom stereocenters. The predicted molar refractivity (Wildman–Crippen MR) is 127 cm³/mol. The normalized spacial score (nSPS) is 13.6. The van der Waals surface area contributed by atoms with Crippen molar-refractivity contribution >= 4 is 0 Å². The third-order valence-corrected chi connectivity index (χ3v) is 6.18. The summed E-state index contributed by atoms with van der Waals surface area (Å²) >= 11 is 0. The van der Waals surface area contributed by atoms with Gasteiger partial charge in [0.2, 0.25) is 0 Å². The van der Waals surface area contributed by atoms with Gasteiger partial charge in [-0.1, -0.05) is 92.4 Å². The molecule has 0 heterocycles. The molecule has 0 saturated heterocycles. The van der Waals surface area contributed by atoms with E-state index in [0.29, 0.717) is 24.2 Å². The van der Waals surface area contributed by atoms with Crippen LogP contribution in [0, 0.1) is 0 Å². The average Bonchev–Trinajstić information content (AvgIpc) is 2.72. The van der Waals surface area contributed by atoms with Crippen molar-refractivity contribution in [2.24, 2.45) is 0 Å². The summed E-state index contributed by atoms with van der Waals surface area (Å²) in [5.41, 5.74) is 3.49. The molecule has 0 spiro atoms. The Morgan fingerprint density at radius 2 is 1.21 bits per heavy atom. The Morgan fingerprint density at radius 1 is 0.724 bits per heavy atom. The zero-order valence-electron chi connectivity index (χ0n) is 20.1. The minimum Gasteiger partial charge on any atom is -0.507 e. The Kier molecular flexibility index (Phi) is 14.1. The molecule has 0 fully saturated rings. The Bertz CT molecular complexity index is 498. The largest absolute Gasteiger partial charge is 0.507 e. The molecule has 0 aromatic heterocycles. The van der Waals surface area contributed by atoms with E-state index in [1.54, 1.807) is 0 Å². The van der Waals surface area contributed by atoms with Crippen LogP contribution in [0.1, 0.15) is 140 Å². The zero-order valence-corrected chi connectivity index (χ0v) is 20.1. The van der Waals surface area contributed by atoms with Crippen molar-refractivity contribution in [1.82, 2.24) is 0 Å². The lowest BCUT2D eigenvalue weighted by Gasteiger charge is -2.21. The first kappa shape index (κ1) is 26.0. The molecular weight excluding hydrogens is 356 g/mol. The van der Waals surface area contributed by atoms with Crippen molar-refractivity contribution in [3.8, 4) is 5.75 Å². The molecule has 2 unspecified atom stereocenters. The number of hydrogen-bond acceptors (Lipinski definition) is 2. The molecule has 0 amide bonds. The molecule has 1 N–H and O–H groups in total. The molecule has 0 aliphatic heterocycles. The number of phenols is 1. The molecule has 2 heteroatoms. The summed E-state index contributed by atoms with van der Waals surface area (Å²) in [6.45, 7) is 12.7. The highest BCUT2D eigenvalue weighted by molar-refractivity contribution is 5.47. The van der Waals surface area contributed by atoms with Crippen LogP contribution in [0.5, 0.6) is 5.75 Å². The van der Waals surface area contributed by atoms with E-state index >= 15 is 0 Å². The van der Waals surface area contributed by atoms with E-state index in [2.05, 4.69) is 46.8 Å². The third-order valence-electron chi connectivity index (χ3n) is 6.18. The lowest BCUT2D eigenvalue weighted by molar-refractivity contribution is 0.118.